The molecule has 0 heterocycles. The van der Waals surface area contributed by atoms with E-state index in [1.165, 1.54) is 0 Å². The third-order valence-electron chi connectivity index (χ3n) is 2.38. The van der Waals surface area contributed by atoms with Crippen LogP contribution in [0.3, 0.4) is 0 Å². The summed E-state index contributed by atoms with van der Waals surface area (Å²) in [7, 11) is 0. The van der Waals surface area contributed by atoms with E-state index < -0.39 is 5.97 Å². The number of carbonyl (C=O) groups is 1. The van der Waals surface area contributed by atoms with E-state index in [0.717, 1.165) is 0 Å². The molecule has 0 amide bonds. The van der Waals surface area contributed by atoms with Gasteiger partial charge in [-0.15, -0.1) is 0 Å². The molecule has 0 aliphatic carbocycles. The van der Waals surface area contributed by atoms with E-state index >= 15 is 0 Å². The Balaban J connectivity index is 2.29. The maximum Gasteiger partial charge on any atom is 0.307 e. The van der Waals surface area contributed by atoms with Crippen LogP contribution in [0.15, 0.2) is 42.5 Å². The second kappa shape index (κ2) is 5.95. The Morgan fingerprint density at radius 3 is 2.37 bits per heavy atom. The van der Waals surface area contributed by atoms with E-state index in [9.17, 15) is 4.79 Å². The first-order chi connectivity index (χ1) is 9.04. The molecule has 1 N–H and O–H groups in total. The van der Waals surface area contributed by atoms with Crippen molar-refractivity contribution in [1.29, 1.82) is 0 Å². The average molecular weight is 297 g/mol. The van der Waals surface area contributed by atoms with Gasteiger partial charge in [-0.25, -0.2) is 0 Å². The van der Waals surface area contributed by atoms with Crippen LogP contribution in [0, 0.1) is 0 Å². The monoisotopic (exact) mass is 296 g/mol. The van der Waals surface area contributed by atoms with Crippen LogP contribution in [0.25, 0.3) is 0 Å². The molecule has 2 rings (SSSR count). The molecule has 0 spiro atoms. The first-order valence-corrected chi connectivity index (χ1v) is 6.24. The zero-order chi connectivity index (χ0) is 13.8. The number of rotatable bonds is 4. The highest BCUT2D eigenvalue weighted by atomic mass is 35.5. The van der Waals surface area contributed by atoms with E-state index in [1.807, 2.05) is 0 Å². The zero-order valence-corrected chi connectivity index (χ0v) is 11.3. The second-order valence-corrected chi connectivity index (χ2v) is 4.76. The molecule has 5 heteroatoms. The van der Waals surface area contributed by atoms with Gasteiger partial charge in [-0.3, -0.25) is 4.79 Å². The molecular formula is C14H10Cl2O3. The van der Waals surface area contributed by atoms with Gasteiger partial charge in [0.15, 0.2) is 0 Å². The maximum atomic E-state index is 10.8. The molecule has 0 saturated carbocycles. The lowest BCUT2D eigenvalue weighted by Crippen LogP contribution is -2.01. The van der Waals surface area contributed by atoms with Crippen molar-refractivity contribution in [3.05, 3.63) is 58.1 Å². The highest BCUT2D eigenvalue weighted by Crippen LogP contribution is 2.30. The lowest BCUT2D eigenvalue weighted by atomic mass is 10.1. The Kier molecular flexibility index (Phi) is 4.30. The van der Waals surface area contributed by atoms with Crippen molar-refractivity contribution in [1.82, 2.24) is 0 Å². The van der Waals surface area contributed by atoms with Crippen molar-refractivity contribution in [3.8, 4) is 11.5 Å². The second-order valence-electron chi connectivity index (χ2n) is 3.89. The van der Waals surface area contributed by atoms with Crippen molar-refractivity contribution in [2.75, 3.05) is 0 Å². The molecule has 0 fully saturated rings. The smallest absolute Gasteiger partial charge is 0.307 e. The fourth-order valence-electron chi connectivity index (χ4n) is 1.63. The van der Waals surface area contributed by atoms with Crippen molar-refractivity contribution in [3.63, 3.8) is 0 Å². The summed E-state index contributed by atoms with van der Waals surface area (Å²) < 4.78 is 5.64. The minimum atomic E-state index is -0.917. The average Bonchev–Trinajstić information content (AvgIpc) is 2.29. The van der Waals surface area contributed by atoms with Gasteiger partial charge >= 0.3 is 5.97 Å². The topological polar surface area (TPSA) is 46.5 Å². The molecule has 0 atom stereocenters. The number of hydrogen-bond acceptors (Lipinski definition) is 2. The number of ether oxygens (including phenoxy) is 1. The van der Waals surface area contributed by atoms with E-state index in [4.69, 9.17) is 33.0 Å². The first-order valence-electron chi connectivity index (χ1n) is 5.48. The minimum absolute atomic E-state index is 0.107. The molecule has 98 valence electrons. The number of benzene rings is 2. The van der Waals surface area contributed by atoms with Gasteiger partial charge in [-0.1, -0.05) is 41.4 Å². The number of hydrogen-bond donors (Lipinski definition) is 1. The first kappa shape index (κ1) is 13.7. The summed E-state index contributed by atoms with van der Waals surface area (Å²) in [5, 5.41) is 9.76. The SMILES string of the molecule is O=C(O)Cc1ccccc1Oc1cc(Cl)cc(Cl)c1. The molecular weight excluding hydrogens is 287 g/mol. The Labute approximate surface area is 120 Å². The normalized spacial score (nSPS) is 10.2. The highest BCUT2D eigenvalue weighted by molar-refractivity contribution is 6.34. The van der Waals surface area contributed by atoms with Crippen LogP contribution in [-0.2, 0) is 11.2 Å². The van der Waals surface area contributed by atoms with Gasteiger partial charge in [-0.2, -0.15) is 0 Å². The largest absolute Gasteiger partial charge is 0.481 e. The Bertz CT molecular complexity index is 591. The summed E-state index contributed by atoms with van der Waals surface area (Å²) in [6, 6.07) is 11.8. The van der Waals surface area contributed by atoms with Crippen LogP contribution in [0.1, 0.15) is 5.56 Å². The summed E-state index contributed by atoms with van der Waals surface area (Å²) in [5.74, 6) is 0.0266. The van der Waals surface area contributed by atoms with Gasteiger partial charge in [-0.05, 0) is 24.3 Å². The quantitative estimate of drug-likeness (QED) is 0.909. The van der Waals surface area contributed by atoms with Crippen molar-refractivity contribution < 1.29 is 14.6 Å². The fraction of sp³-hybridized carbons (Fsp3) is 0.0714. The van der Waals surface area contributed by atoms with Gasteiger partial charge < -0.3 is 9.84 Å². The molecule has 0 bridgehead atoms. The summed E-state index contributed by atoms with van der Waals surface area (Å²) in [6.45, 7) is 0. The lowest BCUT2D eigenvalue weighted by molar-refractivity contribution is -0.136. The molecule has 3 nitrogen and oxygen atoms in total. The molecule has 2 aromatic carbocycles. The fourth-order valence-corrected chi connectivity index (χ4v) is 2.13. The van der Waals surface area contributed by atoms with Crippen molar-refractivity contribution in [2.45, 2.75) is 6.42 Å². The van der Waals surface area contributed by atoms with Gasteiger partial charge in [0.25, 0.3) is 0 Å². The van der Waals surface area contributed by atoms with Crippen LogP contribution >= 0.6 is 23.2 Å². The van der Waals surface area contributed by atoms with Crippen LogP contribution in [0.2, 0.25) is 10.0 Å². The van der Waals surface area contributed by atoms with Crippen molar-refractivity contribution in [2.24, 2.45) is 0 Å². The van der Waals surface area contributed by atoms with Gasteiger partial charge in [0.05, 0.1) is 6.42 Å². The van der Waals surface area contributed by atoms with E-state index in [-0.39, 0.29) is 6.42 Å². The highest BCUT2D eigenvalue weighted by Gasteiger charge is 2.09. The number of carboxylic acids is 1. The standard InChI is InChI=1S/C14H10Cl2O3/c15-10-6-11(16)8-12(7-10)19-13-4-2-1-3-9(13)5-14(17)18/h1-4,6-8H,5H2,(H,17,18). The van der Waals surface area contributed by atoms with Crippen LogP contribution < -0.4 is 4.74 Å². The third kappa shape index (κ3) is 3.88. The van der Waals surface area contributed by atoms with Gasteiger partial charge in [0.2, 0.25) is 0 Å². The molecule has 0 aromatic heterocycles. The molecule has 2 aromatic rings. The predicted octanol–water partition coefficient (Wildman–Crippen LogP) is 4.41. The van der Waals surface area contributed by atoms with Crippen molar-refractivity contribution >= 4 is 29.2 Å². The zero-order valence-electron chi connectivity index (χ0n) is 9.77. The molecule has 0 saturated heterocycles. The summed E-state index contributed by atoms with van der Waals surface area (Å²) in [5.41, 5.74) is 0.589. The molecule has 0 unspecified atom stereocenters. The maximum absolute atomic E-state index is 10.8. The Morgan fingerprint density at radius 2 is 1.74 bits per heavy atom. The van der Waals surface area contributed by atoms with Gasteiger partial charge in [0.1, 0.15) is 11.5 Å². The van der Waals surface area contributed by atoms with Crippen LogP contribution in [0.5, 0.6) is 11.5 Å². The molecule has 0 aliphatic heterocycles. The number of para-hydroxylation sites is 1. The molecule has 0 aliphatic rings. The Morgan fingerprint density at radius 1 is 1.11 bits per heavy atom. The van der Waals surface area contributed by atoms with E-state index in [2.05, 4.69) is 0 Å². The summed E-state index contributed by atoms with van der Waals surface area (Å²) in [4.78, 5) is 10.8. The van der Waals surface area contributed by atoms with Crippen LogP contribution in [-0.4, -0.2) is 11.1 Å². The summed E-state index contributed by atoms with van der Waals surface area (Å²) >= 11 is 11.8. The van der Waals surface area contributed by atoms with E-state index in [1.54, 1.807) is 42.5 Å². The number of carboxylic acid groups (broad SMARTS) is 1. The minimum Gasteiger partial charge on any atom is -0.481 e. The van der Waals surface area contributed by atoms with E-state index in [0.29, 0.717) is 27.1 Å². The van der Waals surface area contributed by atoms with Gasteiger partial charge in [0, 0.05) is 15.6 Å². The summed E-state index contributed by atoms with van der Waals surface area (Å²) in [6.07, 6.45) is -0.107. The number of aliphatic carboxylic acids is 1. The third-order valence-corrected chi connectivity index (χ3v) is 2.81. The van der Waals surface area contributed by atoms with Crippen LogP contribution in [0.4, 0.5) is 0 Å². The lowest BCUT2D eigenvalue weighted by Gasteiger charge is -2.10. The predicted molar refractivity (Wildman–Crippen MR) is 74.3 cm³/mol. The number of halogens is 2. The Hall–Kier alpha value is -1.71. The molecule has 19 heavy (non-hydrogen) atoms. The molecule has 0 radical (unpaired) electrons.